The molecule has 0 amide bonds. The molecule has 2 heterocycles. The van der Waals surface area contributed by atoms with Gasteiger partial charge >= 0.3 is 5.97 Å². The van der Waals surface area contributed by atoms with Crippen LogP contribution in [0.4, 0.5) is 0 Å². The summed E-state index contributed by atoms with van der Waals surface area (Å²) in [5, 5.41) is 10.9. The van der Waals surface area contributed by atoms with Crippen molar-refractivity contribution in [2.75, 3.05) is 13.2 Å². The summed E-state index contributed by atoms with van der Waals surface area (Å²) in [5.74, 6) is 1.36. The van der Waals surface area contributed by atoms with Gasteiger partial charge in [-0.2, -0.15) is 5.26 Å². The number of hydrogen-bond donors (Lipinski definition) is 1. The SMILES string of the molecule is CCOc1cc(C2C(C#N)=C(N)Oc3cc(OC(=O)c4oc5ccc(C)cc5c4C)ccc32)ccc1OCCC(C)C. The maximum absolute atomic E-state index is 13.1. The highest BCUT2D eigenvalue weighted by Crippen LogP contribution is 2.45. The van der Waals surface area contributed by atoms with Crippen molar-refractivity contribution in [3.05, 3.63) is 94.1 Å². The Bertz CT molecular complexity index is 1730. The fraction of sp³-hybridized carbons (Fsp3) is 0.294. The zero-order valence-corrected chi connectivity index (χ0v) is 24.4. The second-order valence-corrected chi connectivity index (χ2v) is 10.7. The van der Waals surface area contributed by atoms with E-state index >= 15 is 0 Å². The van der Waals surface area contributed by atoms with Gasteiger partial charge in [0.15, 0.2) is 11.5 Å². The van der Waals surface area contributed by atoms with Gasteiger partial charge in [0.2, 0.25) is 11.6 Å². The number of carbonyl (C=O) groups is 1. The third-order valence-electron chi connectivity index (χ3n) is 7.23. The Morgan fingerprint density at radius 2 is 1.86 bits per heavy atom. The second-order valence-electron chi connectivity index (χ2n) is 10.7. The normalized spacial score (nSPS) is 14.4. The topological polar surface area (TPSA) is 117 Å². The summed E-state index contributed by atoms with van der Waals surface area (Å²) in [6.07, 6.45) is 0.918. The number of benzene rings is 3. The van der Waals surface area contributed by atoms with E-state index in [-0.39, 0.29) is 23.0 Å². The van der Waals surface area contributed by atoms with Crippen LogP contribution in [0, 0.1) is 31.1 Å². The molecule has 42 heavy (non-hydrogen) atoms. The summed E-state index contributed by atoms with van der Waals surface area (Å²) in [6.45, 7) is 11.0. The van der Waals surface area contributed by atoms with E-state index in [9.17, 15) is 10.1 Å². The largest absolute Gasteiger partial charge is 0.490 e. The maximum Gasteiger partial charge on any atom is 0.379 e. The summed E-state index contributed by atoms with van der Waals surface area (Å²) in [7, 11) is 0. The van der Waals surface area contributed by atoms with Crippen molar-refractivity contribution >= 4 is 16.9 Å². The first-order chi connectivity index (χ1) is 20.2. The Morgan fingerprint density at radius 3 is 2.60 bits per heavy atom. The molecule has 1 aliphatic heterocycles. The van der Waals surface area contributed by atoms with Crippen LogP contribution in [-0.4, -0.2) is 19.2 Å². The van der Waals surface area contributed by atoms with Crippen LogP contribution in [0.5, 0.6) is 23.0 Å². The minimum absolute atomic E-state index is 0.0165. The molecule has 0 spiro atoms. The number of furan rings is 1. The molecule has 1 aliphatic rings. The van der Waals surface area contributed by atoms with E-state index in [1.165, 1.54) is 0 Å². The molecule has 0 saturated carbocycles. The molecule has 1 aromatic heterocycles. The minimum atomic E-state index is -0.621. The van der Waals surface area contributed by atoms with E-state index in [0.29, 0.717) is 53.1 Å². The van der Waals surface area contributed by atoms with Gasteiger partial charge in [0.05, 0.1) is 19.1 Å². The molecule has 8 nitrogen and oxygen atoms in total. The highest BCUT2D eigenvalue weighted by Gasteiger charge is 2.32. The summed E-state index contributed by atoms with van der Waals surface area (Å²) in [4.78, 5) is 13.1. The van der Waals surface area contributed by atoms with E-state index in [1.54, 1.807) is 18.2 Å². The molecule has 0 aliphatic carbocycles. The average molecular weight is 567 g/mol. The number of esters is 1. The Labute approximate surface area is 245 Å². The molecule has 1 unspecified atom stereocenters. The number of hydrogen-bond acceptors (Lipinski definition) is 8. The van der Waals surface area contributed by atoms with E-state index in [1.807, 2.05) is 57.2 Å². The standard InChI is InChI=1S/C34H34N2O6/c1-6-38-30-16-22(8-12-28(30)39-14-13-19(2)3)31-24-10-9-23(17-29(24)42-33(36)26(31)18-35)40-34(37)32-21(5)25-15-20(4)7-11-27(25)41-32/h7-12,15-17,19,31H,6,13-14,36H2,1-5H3. The lowest BCUT2D eigenvalue weighted by molar-refractivity contribution is 0.0702. The lowest BCUT2D eigenvalue weighted by atomic mass is 9.83. The Morgan fingerprint density at radius 1 is 1.05 bits per heavy atom. The van der Waals surface area contributed by atoms with Gasteiger partial charge in [-0.3, -0.25) is 0 Å². The van der Waals surface area contributed by atoms with Crippen LogP contribution in [0.3, 0.4) is 0 Å². The van der Waals surface area contributed by atoms with E-state index in [0.717, 1.165) is 22.9 Å². The summed E-state index contributed by atoms with van der Waals surface area (Å²) >= 11 is 0. The number of nitriles is 1. The average Bonchev–Trinajstić information content (AvgIpc) is 3.28. The maximum atomic E-state index is 13.1. The molecule has 5 rings (SSSR count). The molecular weight excluding hydrogens is 532 g/mol. The van der Waals surface area contributed by atoms with E-state index in [4.69, 9.17) is 29.1 Å². The van der Waals surface area contributed by atoms with Gasteiger partial charge in [-0.05, 0) is 69.0 Å². The summed E-state index contributed by atoms with van der Waals surface area (Å²) in [6, 6.07) is 18.6. The van der Waals surface area contributed by atoms with Crippen LogP contribution in [0.1, 0.15) is 65.9 Å². The van der Waals surface area contributed by atoms with Crippen molar-refractivity contribution in [3.63, 3.8) is 0 Å². The molecule has 216 valence electrons. The molecule has 0 saturated heterocycles. The lowest BCUT2D eigenvalue weighted by Crippen LogP contribution is -2.21. The monoisotopic (exact) mass is 566 g/mol. The van der Waals surface area contributed by atoms with E-state index < -0.39 is 11.9 Å². The van der Waals surface area contributed by atoms with Crippen molar-refractivity contribution < 1.29 is 28.2 Å². The van der Waals surface area contributed by atoms with Crippen LogP contribution in [0.2, 0.25) is 0 Å². The van der Waals surface area contributed by atoms with Crippen molar-refractivity contribution in [3.8, 4) is 29.1 Å². The van der Waals surface area contributed by atoms with Gasteiger partial charge in [0, 0.05) is 22.6 Å². The molecule has 0 radical (unpaired) electrons. The van der Waals surface area contributed by atoms with Gasteiger partial charge in [-0.15, -0.1) is 0 Å². The van der Waals surface area contributed by atoms with Crippen LogP contribution in [-0.2, 0) is 0 Å². The van der Waals surface area contributed by atoms with Crippen molar-refractivity contribution in [1.82, 2.24) is 0 Å². The molecule has 0 fully saturated rings. The zero-order valence-electron chi connectivity index (χ0n) is 24.4. The Kier molecular flexibility index (Phi) is 8.12. The van der Waals surface area contributed by atoms with Gasteiger partial charge in [0.1, 0.15) is 28.7 Å². The highest BCUT2D eigenvalue weighted by molar-refractivity contribution is 5.97. The first-order valence-corrected chi connectivity index (χ1v) is 14.0. The number of carbonyl (C=O) groups excluding carboxylic acids is 1. The van der Waals surface area contributed by atoms with E-state index in [2.05, 4.69) is 19.9 Å². The molecular formula is C34H34N2O6. The molecule has 8 heteroatoms. The van der Waals surface area contributed by atoms with Crippen LogP contribution >= 0.6 is 0 Å². The van der Waals surface area contributed by atoms with Crippen LogP contribution in [0.15, 0.2) is 70.5 Å². The lowest BCUT2D eigenvalue weighted by Gasteiger charge is -2.27. The van der Waals surface area contributed by atoms with Crippen LogP contribution < -0.4 is 24.7 Å². The van der Waals surface area contributed by atoms with Crippen molar-refractivity contribution in [2.45, 2.75) is 47.0 Å². The van der Waals surface area contributed by atoms with Gasteiger partial charge in [-0.1, -0.05) is 37.6 Å². The number of allylic oxidation sites excluding steroid dienone is 1. The predicted molar refractivity (Wildman–Crippen MR) is 159 cm³/mol. The molecule has 4 aromatic rings. The number of ether oxygens (including phenoxy) is 4. The minimum Gasteiger partial charge on any atom is -0.490 e. The number of nitrogens with two attached hydrogens (primary N) is 1. The number of aryl methyl sites for hydroxylation is 2. The second kappa shape index (κ2) is 11.9. The third-order valence-corrected chi connectivity index (χ3v) is 7.23. The molecule has 0 bridgehead atoms. The molecule has 2 N–H and O–H groups in total. The quantitative estimate of drug-likeness (QED) is 0.166. The van der Waals surface area contributed by atoms with Crippen molar-refractivity contribution in [1.29, 1.82) is 5.26 Å². The first kappa shape index (κ1) is 28.6. The predicted octanol–water partition coefficient (Wildman–Crippen LogP) is 7.31. The Hall–Kier alpha value is -4.90. The van der Waals surface area contributed by atoms with Gasteiger partial charge in [0.25, 0.3) is 0 Å². The molecule has 3 aromatic carbocycles. The van der Waals surface area contributed by atoms with Gasteiger partial charge in [-0.25, -0.2) is 4.79 Å². The zero-order chi connectivity index (χ0) is 30.0. The fourth-order valence-electron chi connectivity index (χ4n) is 5.02. The van der Waals surface area contributed by atoms with Gasteiger partial charge < -0.3 is 29.1 Å². The summed E-state index contributed by atoms with van der Waals surface area (Å²) in [5.41, 5.74) is 10.4. The Balaban J connectivity index is 1.45. The van der Waals surface area contributed by atoms with Crippen molar-refractivity contribution in [2.24, 2.45) is 11.7 Å². The fourth-order valence-corrected chi connectivity index (χ4v) is 5.02. The third kappa shape index (κ3) is 5.64. The van der Waals surface area contributed by atoms with Crippen LogP contribution in [0.25, 0.3) is 11.0 Å². The number of nitrogens with zero attached hydrogens (tertiary/aromatic N) is 1. The first-order valence-electron chi connectivity index (χ1n) is 14.0. The highest BCUT2D eigenvalue weighted by atomic mass is 16.5. The number of rotatable bonds is 9. The molecule has 1 atom stereocenters. The summed E-state index contributed by atoms with van der Waals surface area (Å²) < 4.78 is 29.2. The number of fused-ring (bicyclic) bond motifs is 2. The smallest absolute Gasteiger partial charge is 0.379 e.